The van der Waals surface area contributed by atoms with Crippen LogP contribution in [0.5, 0.6) is 0 Å². The Morgan fingerprint density at radius 1 is 1.03 bits per heavy atom. The number of nitrogens with zero attached hydrogens (tertiary/aromatic N) is 2. The van der Waals surface area contributed by atoms with E-state index in [9.17, 15) is 22.8 Å². The molecule has 1 aliphatic heterocycles. The highest BCUT2D eigenvalue weighted by molar-refractivity contribution is 7.89. The Morgan fingerprint density at radius 3 is 2.30 bits per heavy atom. The van der Waals surface area contributed by atoms with E-state index < -0.39 is 33.8 Å². The van der Waals surface area contributed by atoms with Crippen LogP contribution in [0.2, 0.25) is 10.0 Å². The molecular weight excluding hydrogens is 539 g/mol. The molecule has 0 N–H and O–H groups in total. The maximum atomic E-state index is 13.9. The molecule has 1 heterocycles. The lowest BCUT2D eigenvalue weighted by Gasteiger charge is -2.27. The van der Waals surface area contributed by atoms with E-state index >= 15 is 0 Å². The molecule has 3 aromatic rings. The van der Waals surface area contributed by atoms with Crippen molar-refractivity contribution >= 4 is 56.7 Å². The average molecular weight is 561 g/mol. The number of anilines is 1. The summed E-state index contributed by atoms with van der Waals surface area (Å²) in [6.07, 6.45) is -0.374. The molecule has 0 aliphatic carbocycles. The van der Waals surface area contributed by atoms with Gasteiger partial charge in [-0.15, -0.1) is 0 Å². The fourth-order valence-corrected chi connectivity index (χ4v) is 6.32. The second-order valence-corrected chi connectivity index (χ2v) is 11.1. The van der Waals surface area contributed by atoms with Crippen LogP contribution in [0.15, 0.2) is 71.6 Å². The van der Waals surface area contributed by atoms with Crippen molar-refractivity contribution in [3.8, 4) is 0 Å². The van der Waals surface area contributed by atoms with Crippen LogP contribution in [0, 0.1) is 6.92 Å². The Hall–Kier alpha value is -3.24. The zero-order valence-electron chi connectivity index (χ0n) is 19.9. The normalized spacial score (nSPS) is 15.9. The van der Waals surface area contributed by atoms with E-state index in [0.717, 1.165) is 14.8 Å². The number of imide groups is 1. The molecule has 37 heavy (non-hydrogen) atoms. The lowest BCUT2D eigenvalue weighted by Crippen LogP contribution is -2.45. The third kappa shape index (κ3) is 5.40. The molecule has 0 saturated carbocycles. The SMILES string of the molecule is COC(=O)c1ccc(N2C(=O)CC(N(Cc3ccc(C)cc3)S(=O)(=O)c3cc(Cl)ccc3Cl)C2=O)cc1. The Kier molecular flexibility index (Phi) is 7.70. The smallest absolute Gasteiger partial charge is 0.337 e. The van der Waals surface area contributed by atoms with E-state index in [-0.39, 0.29) is 39.2 Å². The van der Waals surface area contributed by atoms with E-state index in [0.29, 0.717) is 5.56 Å². The fraction of sp³-hybridized carbons (Fsp3) is 0.192. The molecule has 0 aromatic heterocycles. The first kappa shape index (κ1) is 26.8. The molecule has 11 heteroatoms. The first-order valence-corrected chi connectivity index (χ1v) is 13.3. The molecule has 0 spiro atoms. The van der Waals surface area contributed by atoms with E-state index in [1.807, 2.05) is 19.1 Å². The van der Waals surface area contributed by atoms with Gasteiger partial charge in [-0.25, -0.2) is 18.1 Å². The zero-order chi connectivity index (χ0) is 26.9. The van der Waals surface area contributed by atoms with Crippen molar-refractivity contribution in [2.45, 2.75) is 30.8 Å². The largest absolute Gasteiger partial charge is 0.465 e. The first-order valence-electron chi connectivity index (χ1n) is 11.1. The molecule has 4 rings (SSSR count). The summed E-state index contributed by atoms with van der Waals surface area (Å²) in [6, 6.07) is 15.5. The summed E-state index contributed by atoms with van der Waals surface area (Å²) in [5.41, 5.74) is 2.04. The maximum absolute atomic E-state index is 13.9. The molecular formula is C26H22Cl2N2O6S. The standard InChI is InChI=1S/C26H22Cl2N2O6S/c1-16-3-5-17(6-4-16)15-29(37(34,35)23-13-19(27)9-12-21(23)28)22-14-24(31)30(25(22)32)20-10-7-18(8-11-20)26(33)36-2/h3-13,22H,14-15H2,1-2H3. The molecule has 1 saturated heterocycles. The monoisotopic (exact) mass is 560 g/mol. The van der Waals surface area contributed by atoms with E-state index in [4.69, 9.17) is 23.2 Å². The highest BCUT2D eigenvalue weighted by atomic mass is 35.5. The summed E-state index contributed by atoms with van der Waals surface area (Å²) in [5, 5.41) is 0.0877. The van der Waals surface area contributed by atoms with Gasteiger partial charge < -0.3 is 4.74 Å². The third-order valence-corrected chi connectivity index (χ3v) is 8.53. The first-order chi connectivity index (χ1) is 17.5. The quantitative estimate of drug-likeness (QED) is 0.309. The fourth-order valence-electron chi connectivity index (χ4n) is 4.01. The van der Waals surface area contributed by atoms with Crippen molar-refractivity contribution in [2.75, 3.05) is 12.0 Å². The van der Waals surface area contributed by atoms with Crippen LogP contribution in [0.1, 0.15) is 27.9 Å². The highest BCUT2D eigenvalue weighted by Crippen LogP contribution is 2.34. The predicted molar refractivity (Wildman–Crippen MR) is 139 cm³/mol. The Bertz CT molecular complexity index is 1470. The Balaban J connectivity index is 1.75. The number of benzene rings is 3. The van der Waals surface area contributed by atoms with Crippen molar-refractivity contribution in [3.05, 3.63) is 93.5 Å². The van der Waals surface area contributed by atoms with Crippen molar-refractivity contribution in [1.29, 1.82) is 0 Å². The van der Waals surface area contributed by atoms with Crippen LogP contribution in [0.3, 0.4) is 0 Å². The van der Waals surface area contributed by atoms with Gasteiger partial charge in [0.15, 0.2) is 0 Å². The van der Waals surface area contributed by atoms with Gasteiger partial charge in [0.1, 0.15) is 10.9 Å². The molecule has 1 unspecified atom stereocenters. The number of esters is 1. The van der Waals surface area contributed by atoms with Gasteiger partial charge in [0.2, 0.25) is 15.9 Å². The lowest BCUT2D eigenvalue weighted by atomic mass is 10.1. The van der Waals surface area contributed by atoms with Crippen molar-refractivity contribution in [1.82, 2.24) is 4.31 Å². The molecule has 1 fully saturated rings. The number of ether oxygens (including phenoxy) is 1. The lowest BCUT2D eigenvalue weighted by molar-refractivity contribution is -0.122. The minimum absolute atomic E-state index is 0.0645. The van der Waals surface area contributed by atoms with Gasteiger partial charge in [-0.1, -0.05) is 53.0 Å². The highest BCUT2D eigenvalue weighted by Gasteiger charge is 2.47. The second kappa shape index (κ2) is 10.6. The number of hydrogen-bond acceptors (Lipinski definition) is 6. The molecule has 1 atom stereocenters. The number of halogens is 2. The summed E-state index contributed by atoms with van der Waals surface area (Å²) in [4.78, 5) is 39.0. The Morgan fingerprint density at radius 2 is 1.68 bits per heavy atom. The molecule has 8 nitrogen and oxygen atoms in total. The summed E-state index contributed by atoms with van der Waals surface area (Å²) < 4.78 is 33.4. The predicted octanol–water partition coefficient (Wildman–Crippen LogP) is 4.61. The van der Waals surface area contributed by atoms with Gasteiger partial charge in [0.05, 0.1) is 29.8 Å². The van der Waals surface area contributed by atoms with E-state index in [1.54, 1.807) is 12.1 Å². The number of hydrogen-bond donors (Lipinski definition) is 0. The van der Waals surface area contributed by atoms with Crippen molar-refractivity contribution < 1.29 is 27.5 Å². The summed E-state index contributed by atoms with van der Waals surface area (Å²) in [6.45, 7) is 1.72. The molecule has 3 aromatic carbocycles. The third-order valence-electron chi connectivity index (χ3n) is 5.96. The van der Waals surface area contributed by atoms with Gasteiger partial charge in [0, 0.05) is 11.6 Å². The summed E-state index contributed by atoms with van der Waals surface area (Å²) in [7, 11) is -3.13. The van der Waals surface area contributed by atoms with E-state index in [1.165, 1.54) is 49.6 Å². The second-order valence-electron chi connectivity index (χ2n) is 8.44. The van der Waals surface area contributed by atoms with Gasteiger partial charge in [-0.2, -0.15) is 4.31 Å². The van der Waals surface area contributed by atoms with Crippen molar-refractivity contribution in [2.24, 2.45) is 0 Å². The van der Waals surface area contributed by atoms with Crippen molar-refractivity contribution in [3.63, 3.8) is 0 Å². The maximum Gasteiger partial charge on any atom is 0.337 e. The molecule has 2 amide bonds. The van der Waals surface area contributed by atoms with Crippen LogP contribution in [0.4, 0.5) is 5.69 Å². The number of sulfonamides is 1. The number of carbonyl (C=O) groups excluding carboxylic acids is 3. The van der Waals surface area contributed by atoms with E-state index in [2.05, 4.69) is 4.74 Å². The minimum atomic E-state index is -4.37. The zero-order valence-corrected chi connectivity index (χ0v) is 22.2. The number of aryl methyl sites for hydroxylation is 1. The summed E-state index contributed by atoms with van der Waals surface area (Å²) >= 11 is 12.3. The number of amides is 2. The molecule has 0 bridgehead atoms. The molecule has 0 radical (unpaired) electrons. The number of methoxy groups -OCH3 is 1. The van der Waals surface area contributed by atoms with Gasteiger partial charge in [-0.3, -0.25) is 9.59 Å². The van der Waals surface area contributed by atoms with Crippen LogP contribution in [0.25, 0.3) is 0 Å². The van der Waals surface area contributed by atoms with Crippen LogP contribution >= 0.6 is 23.2 Å². The van der Waals surface area contributed by atoms with Gasteiger partial charge >= 0.3 is 5.97 Å². The number of rotatable bonds is 7. The molecule has 1 aliphatic rings. The Labute approximate surface area is 224 Å². The van der Waals surface area contributed by atoms with Crippen LogP contribution < -0.4 is 4.90 Å². The summed E-state index contributed by atoms with van der Waals surface area (Å²) in [5.74, 6) is -1.87. The van der Waals surface area contributed by atoms with Crippen LogP contribution in [-0.2, 0) is 30.9 Å². The average Bonchev–Trinajstić information content (AvgIpc) is 3.17. The van der Waals surface area contributed by atoms with Gasteiger partial charge in [0.25, 0.3) is 5.91 Å². The number of carbonyl (C=O) groups is 3. The minimum Gasteiger partial charge on any atom is -0.465 e. The van der Waals surface area contributed by atoms with Gasteiger partial charge in [-0.05, 0) is 55.0 Å². The van der Waals surface area contributed by atoms with Crippen LogP contribution in [-0.4, -0.2) is 43.7 Å². The topological polar surface area (TPSA) is 101 Å². The molecule has 192 valence electrons.